The van der Waals surface area contributed by atoms with Crippen molar-refractivity contribution in [3.8, 4) is 0 Å². The van der Waals surface area contributed by atoms with Gasteiger partial charge in [0.05, 0.1) is 0 Å². The molecule has 1 unspecified atom stereocenters. The number of anilines is 1. The van der Waals surface area contributed by atoms with Gasteiger partial charge in [-0.25, -0.2) is 8.78 Å². The smallest absolute Gasteiger partial charge is 0.299 e. The third kappa shape index (κ3) is 2.67. The van der Waals surface area contributed by atoms with Crippen LogP contribution in [0.2, 0.25) is 0 Å². The molecule has 3 aromatic rings. The maximum atomic E-state index is 12.8. The zero-order chi connectivity index (χ0) is 14.8. The van der Waals surface area contributed by atoms with E-state index < -0.39 is 12.2 Å². The number of halogens is 2. The number of alkyl halides is 2. The van der Waals surface area contributed by atoms with E-state index in [2.05, 4.69) is 20.6 Å². The van der Waals surface area contributed by atoms with Gasteiger partial charge in [-0.2, -0.15) is 4.52 Å². The van der Waals surface area contributed by atoms with Crippen LogP contribution in [0.4, 0.5) is 14.6 Å². The Bertz CT molecular complexity index is 741. The van der Waals surface area contributed by atoms with Gasteiger partial charge in [-0.15, -0.1) is 15.3 Å². The molecule has 0 bridgehead atoms. The molecule has 0 aliphatic rings. The van der Waals surface area contributed by atoms with Gasteiger partial charge < -0.3 is 5.32 Å². The minimum Gasteiger partial charge on any atom is -0.362 e. The van der Waals surface area contributed by atoms with Crippen molar-refractivity contribution in [2.75, 3.05) is 5.32 Å². The van der Waals surface area contributed by atoms with Crippen molar-refractivity contribution in [3.05, 3.63) is 53.9 Å². The first-order valence-electron chi connectivity index (χ1n) is 6.47. The van der Waals surface area contributed by atoms with E-state index in [1.54, 1.807) is 12.1 Å². The number of rotatable bonds is 4. The van der Waals surface area contributed by atoms with Gasteiger partial charge >= 0.3 is 0 Å². The first kappa shape index (κ1) is 13.4. The monoisotopic (exact) mass is 289 g/mol. The van der Waals surface area contributed by atoms with E-state index in [0.717, 1.165) is 10.1 Å². The Balaban J connectivity index is 1.89. The molecule has 0 aliphatic heterocycles. The van der Waals surface area contributed by atoms with E-state index in [1.807, 2.05) is 37.3 Å². The van der Waals surface area contributed by atoms with Gasteiger partial charge in [0.15, 0.2) is 5.65 Å². The quantitative estimate of drug-likeness (QED) is 0.801. The summed E-state index contributed by atoms with van der Waals surface area (Å²) in [4.78, 5) is 0. The molecule has 3 rings (SSSR count). The second-order valence-corrected chi connectivity index (χ2v) is 4.62. The lowest BCUT2D eigenvalue weighted by Crippen LogP contribution is -2.10. The number of hydrogen-bond donors (Lipinski definition) is 1. The summed E-state index contributed by atoms with van der Waals surface area (Å²) >= 11 is 0. The van der Waals surface area contributed by atoms with E-state index in [9.17, 15) is 8.78 Å². The standard InChI is InChI=1S/C14H13F2N5/c1-9(10-5-3-2-4-6-10)17-11-7-8-12-18-19-14(13(15)16)21(12)20-11/h2-9,13H,1H3,(H,17,20). The number of aromatic nitrogens is 4. The highest BCUT2D eigenvalue weighted by molar-refractivity contribution is 5.45. The Kier molecular flexibility index (Phi) is 3.47. The molecule has 0 amide bonds. The van der Waals surface area contributed by atoms with Crippen molar-refractivity contribution in [2.45, 2.75) is 19.4 Å². The van der Waals surface area contributed by atoms with Crippen LogP contribution in [-0.2, 0) is 0 Å². The number of benzene rings is 1. The normalized spacial score (nSPS) is 12.8. The Morgan fingerprint density at radius 2 is 1.81 bits per heavy atom. The maximum absolute atomic E-state index is 12.8. The van der Waals surface area contributed by atoms with Crippen LogP contribution in [0.1, 0.15) is 30.8 Å². The lowest BCUT2D eigenvalue weighted by atomic mass is 10.1. The molecular weight excluding hydrogens is 276 g/mol. The maximum Gasteiger partial charge on any atom is 0.299 e. The summed E-state index contributed by atoms with van der Waals surface area (Å²) in [6.45, 7) is 1.97. The van der Waals surface area contributed by atoms with Gasteiger partial charge in [0, 0.05) is 6.04 Å². The molecule has 1 atom stereocenters. The number of nitrogens with zero attached hydrogens (tertiary/aromatic N) is 4. The van der Waals surface area contributed by atoms with Crippen LogP contribution in [0.3, 0.4) is 0 Å². The second kappa shape index (κ2) is 5.43. The third-order valence-electron chi connectivity index (χ3n) is 3.15. The van der Waals surface area contributed by atoms with Crippen LogP contribution in [-0.4, -0.2) is 19.8 Å². The average molecular weight is 289 g/mol. The molecule has 21 heavy (non-hydrogen) atoms. The van der Waals surface area contributed by atoms with Crippen molar-refractivity contribution in [1.82, 2.24) is 19.8 Å². The highest BCUT2D eigenvalue weighted by Gasteiger charge is 2.17. The zero-order valence-corrected chi connectivity index (χ0v) is 11.2. The minimum absolute atomic E-state index is 0.00244. The SMILES string of the molecule is CC(Nc1ccc2nnc(C(F)F)n2n1)c1ccccc1. The molecule has 108 valence electrons. The van der Waals surface area contributed by atoms with E-state index in [0.29, 0.717) is 11.5 Å². The summed E-state index contributed by atoms with van der Waals surface area (Å²) in [5.74, 6) is 0.0292. The molecule has 0 radical (unpaired) electrons. The summed E-state index contributed by atoms with van der Waals surface area (Å²) in [6, 6.07) is 13.1. The Hall–Kier alpha value is -2.57. The predicted octanol–water partition coefficient (Wildman–Crippen LogP) is 3.24. The van der Waals surface area contributed by atoms with Crippen LogP contribution in [0.15, 0.2) is 42.5 Å². The highest BCUT2D eigenvalue weighted by Crippen LogP contribution is 2.20. The van der Waals surface area contributed by atoms with Gasteiger partial charge in [-0.3, -0.25) is 0 Å². The second-order valence-electron chi connectivity index (χ2n) is 4.62. The molecule has 0 spiro atoms. The van der Waals surface area contributed by atoms with E-state index >= 15 is 0 Å². The van der Waals surface area contributed by atoms with Crippen LogP contribution >= 0.6 is 0 Å². The summed E-state index contributed by atoms with van der Waals surface area (Å²) in [5.41, 5.74) is 1.38. The lowest BCUT2D eigenvalue weighted by Gasteiger charge is -2.14. The Morgan fingerprint density at radius 1 is 1.05 bits per heavy atom. The molecule has 0 aliphatic carbocycles. The molecule has 0 saturated heterocycles. The van der Waals surface area contributed by atoms with E-state index in [-0.39, 0.29) is 6.04 Å². The predicted molar refractivity (Wildman–Crippen MR) is 74.2 cm³/mol. The third-order valence-corrected chi connectivity index (χ3v) is 3.15. The molecule has 0 fully saturated rings. The fourth-order valence-electron chi connectivity index (χ4n) is 2.07. The average Bonchev–Trinajstić information content (AvgIpc) is 2.91. The van der Waals surface area contributed by atoms with E-state index in [4.69, 9.17) is 0 Å². The summed E-state index contributed by atoms with van der Waals surface area (Å²) in [7, 11) is 0. The van der Waals surface area contributed by atoms with Crippen LogP contribution in [0.5, 0.6) is 0 Å². The molecule has 1 N–H and O–H groups in total. The number of nitrogens with one attached hydrogen (secondary N) is 1. The highest BCUT2D eigenvalue weighted by atomic mass is 19.3. The summed E-state index contributed by atoms with van der Waals surface area (Å²) in [5, 5.41) is 14.4. The van der Waals surface area contributed by atoms with Gasteiger partial charge in [0.2, 0.25) is 5.82 Å². The van der Waals surface area contributed by atoms with Crippen molar-refractivity contribution < 1.29 is 8.78 Å². The molecule has 1 aromatic carbocycles. The summed E-state index contributed by atoms with van der Waals surface area (Å²) in [6.07, 6.45) is -2.71. The van der Waals surface area contributed by atoms with Crippen LogP contribution in [0, 0.1) is 0 Å². The first-order chi connectivity index (χ1) is 10.1. The lowest BCUT2D eigenvalue weighted by molar-refractivity contribution is 0.137. The fraction of sp³-hybridized carbons (Fsp3) is 0.214. The Morgan fingerprint density at radius 3 is 2.52 bits per heavy atom. The van der Waals surface area contributed by atoms with Crippen molar-refractivity contribution in [1.29, 1.82) is 0 Å². The first-order valence-corrected chi connectivity index (χ1v) is 6.47. The Labute approximate surface area is 119 Å². The van der Waals surface area contributed by atoms with Crippen LogP contribution < -0.4 is 5.32 Å². The van der Waals surface area contributed by atoms with Gasteiger partial charge in [0.25, 0.3) is 6.43 Å². The topological polar surface area (TPSA) is 55.1 Å². The molecule has 0 saturated carbocycles. The molecule has 2 heterocycles. The van der Waals surface area contributed by atoms with Crippen molar-refractivity contribution >= 4 is 11.5 Å². The van der Waals surface area contributed by atoms with Gasteiger partial charge in [-0.1, -0.05) is 30.3 Å². The number of fused-ring (bicyclic) bond motifs is 1. The summed E-state index contributed by atoms with van der Waals surface area (Å²) < 4.78 is 26.7. The molecule has 2 aromatic heterocycles. The van der Waals surface area contributed by atoms with Crippen molar-refractivity contribution in [3.63, 3.8) is 0 Å². The van der Waals surface area contributed by atoms with Crippen molar-refractivity contribution in [2.24, 2.45) is 0 Å². The largest absolute Gasteiger partial charge is 0.362 e. The molecule has 5 nitrogen and oxygen atoms in total. The molecular formula is C14H13F2N5. The zero-order valence-electron chi connectivity index (χ0n) is 11.2. The minimum atomic E-state index is -2.71. The van der Waals surface area contributed by atoms with Crippen LogP contribution in [0.25, 0.3) is 5.65 Å². The molecule has 7 heteroatoms. The number of hydrogen-bond acceptors (Lipinski definition) is 4. The van der Waals surface area contributed by atoms with Gasteiger partial charge in [-0.05, 0) is 24.6 Å². The van der Waals surface area contributed by atoms with E-state index in [1.165, 1.54) is 0 Å². The van der Waals surface area contributed by atoms with Gasteiger partial charge in [0.1, 0.15) is 5.82 Å². The fourth-order valence-corrected chi connectivity index (χ4v) is 2.07.